The summed E-state index contributed by atoms with van der Waals surface area (Å²) in [6, 6.07) is 17.7. The van der Waals surface area contributed by atoms with Gasteiger partial charge in [-0.1, -0.05) is 74.5 Å². The molecule has 0 fully saturated rings. The van der Waals surface area contributed by atoms with E-state index in [2.05, 4.69) is 0 Å². The second kappa shape index (κ2) is 9.64. The highest BCUT2D eigenvalue weighted by molar-refractivity contribution is 5.99. The first-order valence-corrected chi connectivity index (χ1v) is 7.44. The van der Waals surface area contributed by atoms with Crippen molar-refractivity contribution in [2.75, 3.05) is 0 Å². The van der Waals surface area contributed by atoms with Crippen LogP contribution < -0.4 is 0 Å². The molecule has 1 unspecified atom stereocenters. The largest absolute Gasteiger partial charge is 0.380 e. The molecule has 3 nitrogen and oxygen atoms in total. The Morgan fingerprint density at radius 1 is 0.864 bits per heavy atom. The molecule has 0 spiro atoms. The monoisotopic (exact) mass is 298 g/mol. The fourth-order valence-corrected chi connectivity index (χ4v) is 1.80. The summed E-state index contributed by atoms with van der Waals surface area (Å²) in [5.74, 6) is 0.0711. The van der Waals surface area contributed by atoms with E-state index in [0.717, 1.165) is 0 Å². The minimum atomic E-state index is -1.08. The summed E-state index contributed by atoms with van der Waals surface area (Å²) in [7, 11) is 0. The summed E-state index contributed by atoms with van der Waals surface area (Å²) < 4.78 is 0. The lowest BCUT2D eigenvalue weighted by Gasteiger charge is -2.09. The van der Waals surface area contributed by atoms with Gasteiger partial charge in [-0.05, 0) is 5.56 Å². The van der Waals surface area contributed by atoms with Gasteiger partial charge in [0, 0.05) is 18.4 Å². The SMILES string of the molecule is CCC(=O)CC.O=C(c1ccccc1)C(O)c1ccccc1. The van der Waals surface area contributed by atoms with Crippen molar-refractivity contribution < 1.29 is 14.7 Å². The van der Waals surface area contributed by atoms with Gasteiger partial charge in [-0.2, -0.15) is 0 Å². The van der Waals surface area contributed by atoms with Gasteiger partial charge in [-0.25, -0.2) is 0 Å². The quantitative estimate of drug-likeness (QED) is 0.849. The summed E-state index contributed by atoms with van der Waals surface area (Å²) in [5, 5.41) is 9.89. The number of carbonyl (C=O) groups is 2. The Balaban J connectivity index is 0.000000346. The molecule has 0 bridgehead atoms. The summed E-state index contributed by atoms with van der Waals surface area (Å²) in [6.45, 7) is 3.76. The summed E-state index contributed by atoms with van der Waals surface area (Å²) in [4.78, 5) is 22.1. The number of hydrogen-bond acceptors (Lipinski definition) is 3. The number of rotatable bonds is 5. The highest BCUT2D eigenvalue weighted by atomic mass is 16.3. The van der Waals surface area contributed by atoms with E-state index in [1.54, 1.807) is 48.5 Å². The van der Waals surface area contributed by atoms with Gasteiger partial charge < -0.3 is 5.11 Å². The van der Waals surface area contributed by atoms with Crippen LogP contribution in [0.5, 0.6) is 0 Å². The smallest absolute Gasteiger partial charge is 0.195 e. The van der Waals surface area contributed by atoms with E-state index in [-0.39, 0.29) is 5.78 Å². The van der Waals surface area contributed by atoms with E-state index >= 15 is 0 Å². The normalized spacial score (nSPS) is 11.0. The molecular formula is C19H22O3. The summed E-state index contributed by atoms with van der Waals surface area (Å²) >= 11 is 0. The highest BCUT2D eigenvalue weighted by Crippen LogP contribution is 2.17. The lowest BCUT2D eigenvalue weighted by molar-refractivity contribution is -0.118. The maximum absolute atomic E-state index is 11.9. The number of aliphatic hydroxyl groups excluding tert-OH is 1. The van der Waals surface area contributed by atoms with Crippen LogP contribution in [0.15, 0.2) is 60.7 Å². The lowest BCUT2D eigenvalue weighted by atomic mass is 10.0. The van der Waals surface area contributed by atoms with Gasteiger partial charge in [0.25, 0.3) is 0 Å². The minimum absolute atomic E-state index is 0.271. The zero-order valence-corrected chi connectivity index (χ0v) is 13.0. The molecule has 0 heterocycles. The lowest BCUT2D eigenvalue weighted by Crippen LogP contribution is -2.11. The van der Waals surface area contributed by atoms with E-state index in [9.17, 15) is 14.7 Å². The van der Waals surface area contributed by atoms with E-state index in [1.807, 2.05) is 26.0 Å². The number of benzene rings is 2. The predicted molar refractivity (Wildman–Crippen MR) is 87.8 cm³/mol. The standard InChI is InChI=1S/C14H12O2.C5H10O/c15-13(11-7-3-1-4-8-11)14(16)12-9-5-2-6-10-12;1-3-5(6)4-2/h1-10,13,15H;3-4H2,1-2H3. The molecule has 1 atom stereocenters. The number of carbonyl (C=O) groups excluding carboxylic acids is 2. The third-order valence-electron chi connectivity index (χ3n) is 3.21. The van der Waals surface area contributed by atoms with Crippen molar-refractivity contribution in [2.24, 2.45) is 0 Å². The average Bonchev–Trinajstić information content (AvgIpc) is 2.61. The molecule has 0 aliphatic carbocycles. The molecular weight excluding hydrogens is 276 g/mol. The molecule has 1 N–H and O–H groups in total. The zero-order valence-electron chi connectivity index (χ0n) is 13.0. The van der Waals surface area contributed by atoms with Crippen LogP contribution in [0.2, 0.25) is 0 Å². The van der Waals surface area contributed by atoms with Gasteiger partial charge >= 0.3 is 0 Å². The van der Waals surface area contributed by atoms with Crippen molar-refractivity contribution in [3.63, 3.8) is 0 Å². The van der Waals surface area contributed by atoms with Crippen LogP contribution in [0.4, 0.5) is 0 Å². The van der Waals surface area contributed by atoms with Crippen molar-refractivity contribution in [1.29, 1.82) is 0 Å². The topological polar surface area (TPSA) is 54.4 Å². The Morgan fingerprint density at radius 2 is 1.32 bits per heavy atom. The first-order valence-electron chi connectivity index (χ1n) is 7.44. The highest BCUT2D eigenvalue weighted by Gasteiger charge is 2.18. The van der Waals surface area contributed by atoms with Gasteiger partial charge in [0.1, 0.15) is 11.9 Å². The number of Topliss-reactive ketones (excluding diaryl/α,β-unsaturated/α-hetero) is 2. The molecule has 22 heavy (non-hydrogen) atoms. The second-order valence-corrected chi connectivity index (χ2v) is 4.79. The van der Waals surface area contributed by atoms with Crippen LogP contribution in [0.3, 0.4) is 0 Å². The third kappa shape index (κ3) is 5.62. The third-order valence-corrected chi connectivity index (χ3v) is 3.21. The van der Waals surface area contributed by atoms with E-state index in [0.29, 0.717) is 29.8 Å². The molecule has 2 aromatic rings. The van der Waals surface area contributed by atoms with Crippen molar-refractivity contribution in [3.8, 4) is 0 Å². The molecule has 0 saturated carbocycles. The fourth-order valence-electron chi connectivity index (χ4n) is 1.80. The van der Waals surface area contributed by atoms with Gasteiger partial charge in [0.15, 0.2) is 5.78 Å². The molecule has 0 aromatic heterocycles. The second-order valence-electron chi connectivity index (χ2n) is 4.79. The minimum Gasteiger partial charge on any atom is -0.380 e. The molecule has 116 valence electrons. The zero-order chi connectivity index (χ0) is 16.4. The van der Waals surface area contributed by atoms with Crippen LogP contribution in [-0.2, 0) is 4.79 Å². The van der Waals surface area contributed by atoms with Crippen molar-refractivity contribution >= 4 is 11.6 Å². The molecule has 2 aromatic carbocycles. The Morgan fingerprint density at radius 3 is 1.73 bits per heavy atom. The molecule has 3 heteroatoms. The van der Waals surface area contributed by atoms with E-state index in [1.165, 1.54) is 0 Å². The molecule has 0 amide bonds. The van der Waals surface area contributed by atoms with Gasteiger partial charge in [-0.15, -0.1) is 0 Å². The number of hydrogen-bond donors (Lipinski definition) is 1. The van der Waals surface area contributed by atoms with Crippen molar-refractivity contribution in [2.45, 2.75) is 32.8 Å². The predicted octanol–water partition coefficient (Wildman–Crippen LogP) is 3.98. The van der Waals surface area contributed by atoms with Crippen molar-refractivity contribution in [3.05, 3.63) is 71.8 Å². The molecule has 0 radical (unpaired) electrons. The van der Waals surface area contributed by atoms with Crippen LogP contribution in [0.25, 0.3) is 0 Å². The van der Waals surface area contributed by atoms with Gasteiger partial charge in [-0.3, -0.25) is 9.59 Å². The molecule has 0 aliphatic rings. The summed E-state index contributed by atoms with van der Waals surface area (Å²) in [5.41, 5.74) is 1.15. The Kier molecular flexibility index (Phi) is 7.79. The molecule has 0 saturated heterocycles. The fraction of sp³-hybridized carbons (Fsp3) is 0.263. The first-order chi connectivity index (χ1) is 10.6. The number of ketones is 2. The van der Waals surface area contributed by atoms with Gasteiger partial charge in [0.05, 0.1) is 0 Å². The van der Waals surface area contributed by atoms with E-state index in [4.69, 9.17) is 0 Å². The maximum Gasteiger partial charge on any atom is 0.195 e. The summed E-state index contributed by atoms with van der Waals surface area (Å²) in [6.07, 6.45) is 0.302. The van der Waals surface area contributed by atoms with Crippen LogP contribution in [0.1, 0.15) is 48.7 Å². The first kappa shape index (κ1) is 17.8. The maximum atomic E-state index is 11.9. The van der Waals surface area contributed by atoms with Crippen LogP contribution in [-0.4, -0.2) is 16.7 Å². The Bertz CT molecular complexity index is 570. The van der Waals surface area contributed by atoms with Gasteiger partial charge in [0.2, 0.25) is 0 Å². The molecule has 0 aliphatic heterocycles. The Labute approximate surface area is 131 Å². The van der Waals surface area contributed by atoms with Crippen molar-refractivity contribution in [1.82, 2.24) is 0 Å². The van der Waals surface area contributed by atoms with Crippen LogP contribution >= 0.6 is 0 Å². The Hall–Kier alpha value is -2.26. The van der Waals surface area contributed by atoms with E-state index < -0.39 is 6.10 Å². The average molecular weight is 298 g/mol. The van der Waals surface area contributed by atoms with Crippen LogP contribution in [0, 0.1) is 0 Å². The number of aliphatic hydroxyl groups is 1. The molecule has 2 rings (SSSR count).